The summed E-state index contributed by atoms with van der Waals surface area (Å²) in [4.78, 5) is 2.32. The van der Waals surface area contributed by atoms with Crippen molar-refractivity contribution < 1.29 is 0 Å². The number of likely N-dealkylation sites (N-methyl/N-ethyl adjacent to an activating group) is 2. The van der Waals surface area contributed by atoms with Crippen LogP contribution >= 0.6 is 0 Å². The van der Waals surface area contributed by atoms with Gasteiger partial charge in [-0.05, 0) is 51.5 Å². The maximum Gasteiger partial charge on any atom is 0.0501 e. The molecule has 0 amide bonds. The van der Waals surface area contributed by atoms with Gasteiger partial charge in [-0.2, -0.15) is 0 Å². The summed E-state index contributed by atoms with van der Waals surface area (Å²) in [5.41, 5.74) is 2.89. The Hall–Kier alpha value is -0.860. The van der Waals surface area contributed by atoms with Gasteiger partial charge in [-0.25, -0.2) is 0 Å². The first-order chi connectivity index (χ1) is 8.86. The lowest BCUT2D eigenvalue weighted by Crippen LogP contribution is -2.50. The van der Waals surface area contributed by atoms with Crippen molar-refractivity contribution in [2.75, 3.05) is 21.1 Å². The fraction of sp³-hybridized carbons (Fsp3) is 0.647. The third kappa shape index (κ3) is 3.37. The van der Waals surface area contributed by atoms with Crippen molar-refractivity contribution in [1.29, 1.82) is 0 Å². The summed E-state index contributed by atoms with van der Waals surface area (Å²) in [6, 6.07) is 9.40. The molecule has 2 heteroatoms. The molecule has 19 heavy (non-hydrogen) atoms. The maximum absolute atomic E-state index is 3.50. The molecule has 2 nitrogen and oxygen atoms in total. The van der Waals surface area contributed by atoms with E-state index in [1.165, 1.54) is 11.1 Å². The summed E-state index contributed by atoms with van der Waals surface area (Å²) in [5, 5.41) is 3.50. The molecule has 0 bridgehead atoms. The molecule has 108 valence electrons. The summed E-state index contributed by atoms with van der Waals surface area (Å²) in [5.74, 6) is 0.591. The Kier molecular flexibility index (Phi) is 5.57. The summed E-state index contributed by atoms with van der Waals surface area (Å²) in [6.07, 6.45) is 1.11. The van der Waals surface area contributed by atoms with Crippen LogP contribution in [0.3, 0.4) is 0 Å². The van der Waals surface area contributed by atoms with Gasteiger partial charge < -0.3 is 10.2 Å². The van der Waals surface area contributed by atoms with E-state index in [0.29, 0.717) is 12.0 Å². The van der Waals surface area contributed by atoms with Gasteiger partial charge in [-0.1, -0.05) is 45.0 Å². The van der Waals surface area contributed by atoms with E-state index < -0.39 is 0 Å². The van der Waals surface area contributed by atoms with E-state index in [1.807, 2.05) is 0 Å². The van der Waals surface area contributed by atoms with Gasteiger partial charge in [-0.15, -0.1) is 0 Å². The van der Waals surface area contributed by atoms with Crippen LogP contribution in [0, 0.1) is 0 Å². The fourth-order valence-electron chi connectivity index (χ4n) is 2.69. The molecule has 2 atom stereocenters. The molecule has 1 N–H and O–H groups in total. The van der Waals surface area contributed by atoms with E-state index in [0.717, 1.165) is 6.42 Å². The third-order valence-electron chi connectivity index (χ3n) is 4.58. The van der Waals surface area contributed by atoms with Gasteiger partial charge in [0.25, 0.3) is 0 Å². The van der Waals surface area contributed by atoms with Crippen LogP contribution in [-0.4, -0.2) is 31.6 Å². The maximum atomic E-state index is 3.50. The van der Waals surface area contributed by atoms with Crippen molar-refractivity contribution in [2.45, 2.75) is 51.6 Å². The lowest BCUT2D eigenvalue weighted by Gasteiger charge is -2.43. The van der Waals surface area contributed by atoms with Crippen molar-refractivity contribution in [3.63, 3.8) is 0 Å². The van der Waals surface area contributed by atoms with Crippen LogP contribution < -0.4 is 5.32 Å². The normalized spacial score (nSPS) is 16.7. The number of hydrogen-bond donors (Lipinski definition) is 1. The lowest BCUT2D eigenvalue weighted by atomic mass is 9.83. The second kappa shape index (κ2) is 6.53. The van der Waals surface area contributed by atoms with E-state index in [9.17, 15) is 0 Å². The van der Waals surface area contributed by atoms with Crippen molar-refractivity contribution in [2.24, 2.45) is 0 Å². The number of rotatable bonds is 6. The minimum absolute atomic E-state index is 0.119. The van der Waals surface area contributed by atoms with Gasteiger partial charge in [0.2, 0.25) is 0 Å². The van der Waals surface area contributed by atoms with Gasteiger partial charge in [-0.3, -0.25) is 0 Å². The van der Waals surface area contributed by atoms with Crippen LogP contribution in [0.15, 0.2) is 24.3 Å². The van der Waals surface area contributed by atoms with Crippen LogP contribution in [0.25, 0.3) is 0 Å². The Morgan fingerprint density at radius 3 is 1.89 bits per heavy atom. The highest BCUT2D eigenvalue weighted by molar-refractivity contribution is 5.29. The molecule has 0 saturated carbocycles. The molecule has 0 radical (unpaired) electrons. The van der Waals surface area contributed by atoms with Crippen molar-refractivity contribution in [3.8, 4) is 0 Å². The minimum Gasteiger partial charge on any atom is -0.311 e. The summed E-state index contributed by atoms with van der Waals surface area (Å²) in [7, 11) is 6.38. The molecule has 0 aromatic heterocycles. The monoisotopic (exact) mass is 262 g/mol. The summed E-state index contributed by atoms with van der Waals surface area (Å²) >= 11 is 0. The first-order valence-corrected chi connectivity index (χ1v) is 7.31. The molecular weight excluding hydrogens is 232 g/mol. The van der Waals surface area contributed by atoms with Crippen LogP contribution in [0.5, 0.6) is 0 Å². The Morgan fingerprint density at radius 1 is 1.11 bits per heavy atom. The first kappa shape index (κ1) is 16.2. The number of nitrogens with zero attached hydrogens (tertiary/aromatic N) is 1. The van der Waals surface area contributed by atoms with E-state index in [1.54, 1.807) is 0 Å². The topological polar surface area (TPSA) is 15.3 Å². The van der Waals surface area contributed by atoms with Crippen LogP contribution in [0.4, 0.5) is 0 Å². The van der Waals surface area contributed by atoms with Crippen molar-refractivity contribution in [3.05, 3.63) is 35.4 Å². The number of hydrogen-bond acceptors (Lipinski definition) is 2. The van der Waals surface area contributed by atoms with Crippen molar-refractivity contribution >= 4 is 0 Å². The molecule has 0 aliphatic carbocycles. The zero-order valence-corrected chi connectivity index (χ0v) is 13.6. The summed E-state index contributed by atoms with van der Waals surface area (Å²) < 4.78 is 0. The average molecular weight is 262 g/mol. The molecule has 1 rings (SSSR count). The highest BCUT2D eigenvalue weighted by Gasteiger charge is 2.34. The average Bonchev–Trinajstić information content (AvgIpc) is 2.39. The molecule has 0 fully saturated rings. The third-order valence-corrected chi connectivity index (χ3v) is 4.58. The molecule has 2 unspecified atom stereocenters. The predicted molar refractivity (Wildman–Crippen MR) is 84.7 cm³/mol. The number of benzene rings is 1. The second-order valence-corrected chi connectivity index (χ2v) is 6.15. The minimum atomic E-state index is 0.119. The molecular formula is C17H30N2. The first-order valence-electron chi connectivity index (χ1n) is 7.31. The van der Waals surface area contributed by atoms with Gasteiger partial charge in [0, 0.05) is 5.54 Å². The Labute approximate surface area is 119 Å². The van der Waals surface area contributed by atoms with Crippen LogP contribution in [-0.2, 0) is 0 Å². The fourth-order valence-corrected chi connectivity index (χ4v) is 2.69. The zero-order chi connectivity index (χ0) is 14.6. The zero-order valence-electron chi connectivity index (χ0n) is 13.6. The van der Waals surface area contributed by atoms with E-state index in [2.05, 4.69) is 83.3 Å². The van der Waals surface area contributed by atoms with E-state index >= 15 is 0 Å². The molecule has 0 spiro atoms. The van der Waals surface area contributed by atoms with Gasteiger partial charge in [0.05, 0.1) is 6.04 Å². The Morgan fingerprint density at radius 2 is 1.58 bits per heavy atom. The SMILES string of the molecule is CCC(C)(C(NC)c1ccc(C(C)C)cc1)N(C)C. The Balaban J connectivity index is 3.09. The molecule has 0 aliphatic heterocycles. The molecule has 0 heterocycles. The second-order valence-electron chi connectivity index (χ2n) is 6.15. The highest BCUT2D eigenvalue weighted by Crippen LogP contribution is 2.33. The smallest absolute Gasteiger partial charge is 0.0501 e. The number of nitrogens with one attached hydrogen (secondary N) is 1. The van der Waals surface area contributed by atoms with Crippen molar-refractivity contribution in [1.82, 2.24) is 10.2 Å². The molecule has 1 aromatic carbocycles. The largest absolute Gasteiger partial charge is 0.311 e. The predicted octanol–water partition coefficient (Wildman–Crippen LogP) is 3.80. The standard InChI is InChI=1S/C17H30N2/c1-8-17(4,19(6)7)16(18-5)15-11-9-14(10-12-15)13(2)3/h9-13,16,18H,8H2,1-7H3. The van der Waals surface area contributed by atoms with Gasteiger partial charge >= 0.3 is 0 Å². The molecule has 0 saturated heterocycles. The van der Waals surface area contributed by atoms with E-state index in [4.69, 9.17) is 0 Å². The summed E-state index contributed by atoms with van der Waals surface area (Å²) in [6.45, 7) is 9.05. The quantitative estimate of drug-likeness (QED) is 0.839. The van der Waals surface area contributed by atoms with Crippen LogP contribution in [0.1, 0.15) is 57.2 Å². The van der Waals surface area contributed by atoms with E-state index in [-0.39, 0.29) is 5.54 Å². The van der Waals surface area contributed by atoms with Gasteiger partial charge in [0.1, 0.15) is 0 Å². The molecule has 1 aromatic rings. The molecule has 0 aliphatic rings. The lowest BCUT2D eigenvalue weighted by molar-refractivity contribution is 0.117. The highest BCUT2D eigenvalue weighted by atomic mass is 15.2. The Bertz CT molecular complexity index is 381. The van der Waals surface area contributed by atoms with Crippen LogP contribution in [0.2, 0.25) is 0 Å². The van der Waals surface area contributed by atoms with Gasteiger partial charge in [0.15, 0.2) is 0 Å².